The molecule has 14 heavy (non-hydrogen) atoms. The van der Waals surface area contributed by atoms with Gasteiger partial charge in [0.05, 0.1) is 6.61 Å². The van der Waals surface area contributed by atoms with Crippen LogP contribution >= 0.6 is 0 Å². The van der Waals surface area contributed by atoms with E-state index in [1.54, 1.807) is 0 Å². The summed E-state index contributed by atoms with van der Waals surface area (Å²) in [6.07, 6.45) is 0. The Morgan fingerprint density at radius 3 is 2.21 bits per heavy atom. The van der Waals surface area contributed by atoms with Gasteiger partial charge in [-0.3, -0.25) is 0 Å². The summed E-state index contributed by atoms with van der Waals surface area (Å²) in [5, 5.41) is 0. The average molecular weight is 192 g/mol. The fourth-order valence-electron chi connectivity index (χ4n) is 1.40. The monoisotopic (exact) mass is 192 g/mol. The number of rotatable bonds is 3. The zero-order chi connectivity index (χ0) is 10.7. The lowest BCUT2D eigenvalue weighted by molar-refractivity contribution is 0.267. The second-order valence-electron chi connectivity index (χ2n) is 4.36. The van der Waals surface area contributed by atoms with Gasteiger partial charge in [-0.1, -0.05) is 26.0 Å². The molecule has 0 fully saturated rings. The molecule has 0 bridgehead atoms. The Labute approximate surface area is 87.1 Å². The van der Waals surface area contributed by atoms with Crippen LogP contribution in [-0.2, 0) is 0 Å². The van der Waals surface area contributed by atoms with Crippen molar-refractivity contribution in [1.82, 2.24) is 0 Å². The molecular formula is C13H20O. The van der Waals surface area contributed by atoms with Crippen molar-refractivity contribution >= 4 is 0 Å². The van der Waals surface area contributed by atoms with E-state index in [0.717, 1.165) is 12.4 Å². The molecule has 0 atom stereocenters. The van der Waals surface area contributed by atoms with Crippen LogP contribution in [0.25, 0.3) is 0 Å². The molecule has 0 N–H and O–H groups in total. The van der Waals surface area contributed by atoms with Crippen LogP contribution in [0, 0.1) is 26.7 Å². The standard InChI is InChI=1S/C13H20O/c1-9(2)8-14-13-11(4)7-6-10(3)12(13)5/h6-7,9H,8H2,1-5H3. The Kier molecular flexibility index (Phi) is 3.56. The molecule has 0 saturated heterocycles. The Morgan fingerprint density at radius 1 is 1.07 bits per heavy atom. The summed E-state index contributed by atoms with van der Waals surface area (Å²) in [6.45, 7) is 11.5. The van der Waals surface area contributed by atoms with Gasteiger partial charge < -0.3 is 4.74 Å². The smallest absolute Gasteiger partial charge is 0.125 e. The normalized spacial score (nSPS) is 10.7. The van der Waals surface area contributed by atoms with Gasteiger partial charge >= 0.3 is 0 Å². The molecule has 0 amide bonds. The molecular weight excluding hydrogens is 172 g/mol. The lowest BCUT2D eigenvalue weighted by Crippen LogP contribution is -2.07. The van der Waals surface area contributed by atoms with Gasteiger partial charge in [0.25, 0.3) is 0 Å². The minimum atomic E-state index is 0.578. The van der Waals surface area contributed by atoms with Crippen LogP contribution in [-0.4, -0.2) is 6.61 Å². The van der Waals surface area contributed by atoms with E-state index in [9.17, 15) is 0 Å². The topological polar surface area (TPSA) is 9.23 Å². The third-order valence-corrected chi connectivity index (χ3v) is 2.43. The predicted molar refractivity (Wildman–Crippen MR) is 61.0 cm³/mol. The van der Waals surface area contributed by atoms with Gasteiger partial charge in [0.2, 0.25) is 0 Å². The third kappa shape index (κ3) is 2.50. The van der Waals surface area contributed by atoms with Gasteiger partial charge in [-0.05, 0) is 43.4 Å². The van der Waals surface area contributed by atoms with Crippen LogP contribution in [0.4, 0.5) is 0 Å². The van der Waals surface area contributed by atoms with E-state index in [1.165, 1.54) is 16.7 Å². The number of benzene rings is 1. The van der Waals surface area contributed by atoms with Crippen molar-refractivity contribution in [1.29, 1.82) is 0 Å². The van der Waals surface area contributed by atoms with Gasteiger partial charge in [-0.25, -0.2) is 0 Å². The molecule has 1 rings (SSSR count). The largest absolute Gasteiger partial charge is 0.493 e. The molecule has 0 heterocycles. The van der Waals surface area contributed by atoms with Crippen LogP contribution in [0.2, 0.25) is 0 Å². The molecule has 0 saturated carbocycles. The fraction of sp³-hybridized carbons (Fsp3) is 0.538. The van der Waals surface area contributed by atoms with Crippen LogP contribution in [0.5, 0.6) is 5.75 Å². The lowest BCUT2D eigenvalue weighted by atomic mass is 10.1. The van der Waals surface area contributed by atoms with Gasteiger partial charge in [0, 0.05) is 0 Å². The van der Waals surface area contributed by atoms with E-state index in [-0.39, 0.29) is 0 Å². The second-order valence-corrected chi connectivity index (χ2v) is 4.36. The maximum Gasteiger partial charge on any atom is 0.125 e. The van der Waals surface area contributed by atoms with Crippen LogP contribution in [0.1, 0.15) is 30.5 Å². The number of aryl methyl sites for hydroxylation is 2. The van der Waals surface area contributed by atoms with Crippen LogP contribution in [0.3, 0.4) is 0 Å². The Bertz CT molecular complexity index is 313. The average Bonchev–Trinajstić information content (AvgIpc) is 2.11. The lowest BCUT2D eigenvalue weighted by Gasteiger charge is -2.15. The van der Waals surface area contributed by atoms with Gasteiger partial charge in [-0.2, -0.15) is 0 Å². The van der Waals surface area contributed by atoms with E-state index in [2.05, 4.69) is 46.8 Å². The van der Waals surface area contributed by atoms with Crippen LogP contribution in [0.15, 0.2) is 12.1 Å². The van der Waals surface area contributed by atoms with E-state index in [4.69, 9.17) is 4.74 Å². The van der Waals surface area contributed by atoms with Crippen molar-refractivity contribution in [2.24, 2.45) is 5.92 Å². The van der Waals surface area contributed by atoms with Crippen molar-refractivity contribution in [3.05, 3.63) is 28.8 Å². The summed E-state index contributed by atoms with van der Waals surface area (Å²) in [4.78, 5) is 0. The fourth-order valence-corrected chi connectivity index (χ4v) is 1.40. The molecule has 1 heteroatoms. The number of ether oxygens (including phenoxy) is 1. The van der Waals surface area contributed by atoms with E-state index >= 15 is 0 Å². The molecule has 0 spiro atoms. The molecule has 0 aromatic heterocycles. The molecule has 1 aromatic rings. The first kappa shape index (κ1) is 11.1. The minimum Gasteiger partial charge on any atom is -0.493 e. The highest BCUT2D eigenvalue weighted by atomic mass is 16.5. The zero-order valence-electron chi connectivity index (χ0n) is 9.85. The summed E-state index contributed by atoms with van der Waals surface area (Å²) >= 11 is 0. The third-order valence-electron chi connectivity index (χ3n) is 2.43. The summed E-state index contributed by atoms with van der Waals surface area (Å²) in [6, 6.07) is 4.27. The highest BCUT2D eigenvalue weighted by Gasteiger charge is 2.06. The van der Waals surface area contributed by atoms with Gasteiger partial charge in [0.1, 0.15) is 5.75 Å². The molecule has 0 aliphatic heterocycles. The van der Waals surface area contributed by atoms with Crippen LogP contribution < -0.4 is 4.74 Å². The highest BCUT2D eigenvalue weighted by Crippen LogP contribution is 2.25. The highest BCUT2D eigenvalue weighted by molar-refractivity contribution is 5.44. The van der Waals surface area contributed by atoms with Crippen molar-refractivity contribution in [3.63, 3.8) is 0 Å². The SMILES string of the molecule is Cc1ccc(C)c(OCC(C)C)c1C. The van der Waals surface area contributed by atoms with Crippen molar-refractivity contribution in [2.75, 3.05) is 6.61 Å². The van der Waals surface area contributed by atoms with Gasteiger partial charge in [0.15, 0.2) is 0 Å². The first-order valence-corrected chi connectivity index (χ1v) is 5.22. The summed E-state index contributed by atoms with van der Waals surface area (Å²) < 4.78 is 5.81. The quantitative estimate of drug-likeness (QED) is 0.710. The molecule has 1 aromatic carbocycles. The van der Waals surface area contributed by atoms with E-state index in [0.29, 0.717) is 5.92 Å². The van der Waals surface area contributed by atoms with Crippen molar-refractivity contribution in [3.8, 4) is 5.75 Å². The van der Waals surface area contributed by atoms with Crippen molar-refractivity contribution < 1.29 is 4.74 Å². The minimum absolute atomic E-state index is 0.578. The molecule has 0 radical (unpaired) electrons. The summed E-state index contributed by atoms with van der Waals surface area (Å²) in [5.41, 5.74) is 3.80. The molecule has 0 unspecified atom stereocenters. The Hall–Kier alpha value is -0.980. The second kappa shape index (κ2) is 4.50. The van der Waals surface area contributed by atoms with Crippen molar-refractivity contribution in [2.45, 2.75) is 34.6 Å². The molecule has 0 aliphatic carbocycles. The van der Waals surface area contributed by atoms with E-state index < -0.39 is 0 Å². The Morgan fingerprint density at radius 2 is 1.64 bits per heavy atom. The predicted octanol–water partition coefficient (Wildman–Crippen LogP) is 3.65. The number of hydrogen-bond acceptors (Lipinski definition) is 1. The Balaban J connectivity index is 2.89. The first-order chi connectivity index (χ1) is 6.52. The van der Waals surface area contributed by atoms with E-state index in [1.807, 2.05) is 0 Å². The van der Waals surface area contributed by atoms with Gasteiger partial charge in [-0.15, -0.1) is 0 Å². The molecule has 1 nitrogen and oxygen atoms in total. The first-order valence-electron chi connectivity index (χ1n) is 5.22. The summed E-state index contributed by atoms with van der Waals surface area (Å²) in [5.74, 6) is 1.65. The summed E-state index contributed by atoms with van der Waals surface area (Å²) in [7, 11) is 0. The molecule has 0 aliphatic rings. The number of hydrogen-bond donors (Lipinski definition) is 0. The molecule has 78 valence electrons. The maximum absolute atomic E-state index is 5.81. The maximum atomic E-state index is 5.81. The zero-order valence-corrected chi connectivity index (χ0v) is 9.85.